The van der Waals surface area contributed by atoms with Gasteiger partial charge in [-0.2, -0.15) is 0 Å². The van der Waals surface area contributed by atoms with Gasteiger partial charge >= 0.3 is 27.4 Å². The largest absolute Gasteiger partial charge is 0.376 e. The van der Waals surface area contributed by atoms with Gasteiger partial charge in [-0.1, -0.05) is 489 Å². The van der Waals surface area contributed by atoms with Gasteiger partial charge in [-0.05, 0) is 150 Å². The van der Waals surface area contributed by atoms with E-state index in [1.54, 1.807) is 0 Å². The molecule has 4 heterocycles. The van der Waals surface area contributed by atoms with E-state index in [9.17, 15) is 0 Å². The summed E-state index contributed by atoms with van der Waals surface area (Å²) in [5.74, 6) is 0. The first kappa shape index (κ1) is 79.1. The van der Waals surface area contributed by atoms with Gasteiger partial charge in [0.25, 0.3) is 0 Å². The number of para-hydroxylation sites is 6. The highest BCUT2D eigenvalue weighted by Crippen LogP contribution is 2.47. The summed E-state index contributed by atoms with van der Waals surface area (Å²) in [6, 6.07) is 192. The van der Waals surface area contributed by atoms with Gasteiger partial charge in [0.05, 0.1) is 0 Å². The first-order valence-corrected chi connectivity index (χ1v) is 44.3. The van der Waals surface area contributed by atoms with E-state index in [4.69, 9.17) is 0 Å². The molecular formula is C120H88B4N4. The Morgan fingerprint density at radius 1 is 0.117 bits per heavy atom. The average molecular weight is 1630 g/mol. The van der Waals surface area contributed by atoms with Crippen LogP contribution in [0.4, 0.5) is 45.5 Å². The maximum absolute atomic E-state index is 2.52. The van der Waals surface area contributed by atoms with Crippen molar-refractivity contribution in [3.63, 3.8) is 0 Å². The molecule has 4 aliphatic rings. The molecule has 20 aromatic rings. The molecule has 0 radical (unpaired) electrons. The monoisotopic (exact) mass is 1630 g/mol. The van der Waals surface area contributed by atoms with Gasteiger partial charge in [0, 0.05) is 73.3 Å². The van der Waals surface area contributed by atoms with Crippen molar-refractivity contribution in [3.05, 3.63) is 534 Å². The molecule has 0 fully saturated rings. The van der Waals surface area contributed by atoms with Gasteiger partial charge in [0.15, 0.2) is 0 Å². The zero-order valence-corrected chi connectivity index (χ0v) is 70.9. The second-order valence-corrected chi connectivity index (χ2v) is 32.8. The Kier molecular flexibility index (Phi) is 22.5. The molecule has 128 heavy (non-hydrogen) atoms. The van der Waals surface area contributed by atoms with E-state index in [2.05, 4.69) is 553 Å². The predicted molar refractivity (Wildman–Crippen MR) is 549 cm³/mol. The lowest BCUT2D eigenvalue weighted by molar-refractivity contribution is 1.36. The van der Waals surface area contributed by atoms with Gasteiger partial charge in [-0.15, -0.1) is 0 Å². The predicted octanol–water partition coefficient (Wildman–Crippen LogP) is 25.1. The molecule has 0 atom stereocenters. The lowest BCUT2D eigenvalue weighted by Crippen LogP contribution is -2.57. The number of hydrogen-bond acceptors (Lipinski definition) is 4. The molecule has 600 valence electrons. The van der Waals surface area contributed by atoms with Gasteiger partial charge in [-0.25, -0.2) is 0 Å². The Bertz CT molecular complexity index is 7020. The highest BCUT2D eigenvalue weighted by Gasteiger charge is 2.42. The SMILES string of the molecule is c1ccc(-c2cccc(B3c4ccccc4-c4ccccc4N3c3ccccc3)c2)cc1.c1ccc(B2c3ccccc3-c3ccccc3N2c2ccc(-c3ccccc3)cc2)cc1.c1ccc(B2c3ccccc3-c3ccccc3N2c2cccc(-c3ccccc3)c2)cc1.c1ccc(B2c3ccccc3-c3ccccc3N2c2ccccc2-c2ccccc2)cc1. The Morgan fingerprint density at radius 3 is 0.719 bits per heavy atom. The molecule has 8 heteroatoms. The van der Waals surface area contributed by atoms with Crippen molar-refractivity contribution >= 4 is 117 Å². The van der Waals surface area contributed by atoms with Crippen LogP contribution in [0.5, 0.6) is 0 Å². The van der Waals surface area contributed by atoms with Crippen molar-refractivity contribution in [2.75, 3.05) is 19.2 Å². The van der Waals surface area contributed by atoms with Crippen LogP contribution in [0.15, 0.2) is 534 Å². The van der Waals surface area contributed by atoms with Crippen molar-refractivity contribution in [2.45, 2.75) is 0 Å². The van der Waals surface area contributed by atoms with Crippen LogP contribution in [0.25, 0.3) is 89.0 Å². The number of rotatable bonds is 12. The number of hydrogen-bond donors (Lipinski definition) is 0. The van der Waals surface area contributed by atoms with Crippen molar-refractivity contribution in [1.82, 2.24) is 0 Å². The maximum atomic E-state index is 2.52. The molecule has 0 N–H and O–H groups in total. The van der Waals surface area contributed by atoms with Crippen LogP contribution in [-0.4, -0.2) is 27.4 Å². The fourth-order valence-corrected chi connectivity index (χ4v) is 19.6. The normalized spacial score (nSPS) is 12.2. The molecule has 0 aromatic heterocycles. The lowest BCUT2D eigenvalue weighted by atomic mass is 9.45. The summed E-state index contributed by atoms with van der Waals surface area (Å²) in [5, 5.41) is 0. The van der Waals surface area contributed by atoms with Crippen molar-refractivity contribution in [1.29, 1.82) is 0 Å². The standard InChI is InChI=1S/4C30H22BN/c1-3-13-23(14-4-1)25-17-8-11-21-29(25)32-30-22-12-9-19-27(30)26-18-7-10-20-28(26)31(32)24-15-5-2-6-16-24;1-3-12-23(13-4-1)24-14-11-15-25(22-24)31-29-20-9-7-18-27(29)28-19-8-10-21-30(28)32(31)26-16-5-2-6-17-26;1-3-12-23(13-4-1)24-14-11-17-26(22-24)32-30-21-10-8-19-28(30)27-18-7-9-20-29(27)31(32)25-15-5-2-6-16-25;1-3-11-23(12-4-1)24-19-21-26(22-20-24)32-30-18-10-8-16-28(30)27-15-7-9-17-29(27)31(32)25-13-5-2-6-14-25/h4*1-22H. The summed E-state index contributed by atoms with van der Waals surface area (Å²) in [7, 11) is 0. The lowest BCUT2D eigenvalue weighted by Gasteiger charge is -2.39. The van der Waals surface area contributed by atoms with Crippen molar-refractivity contribution in [3.8, 4) is 89.0 Å². The second kappa shape index (κ2) is 36.3. The molecule has 0 saturated carbocycles. The molecule has 0 saturated heterocycles. The molecule has 0 aliphatic carbocycles. The molecule has 24 rings (SSSR count). The minimum absolute atomic E-state index is 0.0900. The molecule has 0 amide bonds. The summed E-state index contributed by atoms with van der Waals surface area (Å²) in [4.78, 5) is 10.00. The fourth-order valence-electron chi connectivity index (χ4n) is 19.6. The Hall–Kier alpha value is -16.1. The van der Waals surface area contributed by atoms with Crippen molar-refractivity contribution < 1.29 is 0 Å². The van der Waals surface area contributed by atoms with Crippen LogP contribution in [-0.2, 0) is 0 Å². The van der Waals surface area contributed by atoms with E-state index in [0.29, 0.717) is 0 Å². The minimum Gasteiger partial charge on any atom is -0.376 e. The van der Waals surface area contributed by atoms with Crippen LogP contribution in [0, 0.1) is 0 Å². The zero-order chi connectivity index (χ0) is 85.3. The summed E-state index contributed by atoms with van der Waals surface area (Å²) in [6.07, 6.45) is 0. The Morgan fingerprint density at radius 2 is 0.336 bits per heavy atom. The van der Waals surface area contributed by atoms with Crippen LogP contribution >= 0.6 is 0 Å². The average Bonchev–Trinajstić information content (AvgIpc) is 0.756. The van der Waals surface area contributed by atoms with Crippen LogP contribution in [0.3, 0.4) is 0 Å². The molecule has 0 spiro atoms. The topological polar surface area (TPSA) is 13.0 Å². The zero-order valence-electron chi connectivity index (χ0n) is 70.9. The third kappa shape index (κ3) is 15.6. The van der Waals surface area contributed by atoms with Gasteiger partial charge in [-0.3, -0.25) is 0 Å². The Labute approximate surface area is 753 Å². The molecule has 0 bridgehead atoms. The second-order valence-electron chi connectivity index (χ2n) is 32.8. The maximum Gasteiger partial charge on any atom is 0.328 e. The van der Waals surface area contributed by atoms with E-state index in [0.717, 1.165) is 0 Å². The quantitative estimate of drug-likeness (QED) is 0.113. The Balaban J connectivity index is 0.000000104. The smallest absolute Gasteiger partial charge is 0.328 e. The minimum atomic E-state index is 0.0900. The fraction of sp³-hybridized carbons (Fsp3) is 0. The highest BCUT2D eigenvalue weighted by atomic mass is 15.1. The molecular weight excluding hydrogens is 1540 g/mol. The van der Waals surface area contributed by atoms with Gasteiger partial charge < -0.3 is 19.2 Å². The molecule has 4 nitrogen and oxygen atoms in total. The van der Waals surface area contributed by atoms with Crippen molar-refractivity contribution in [2.24, 2.45) is 0 Å². The summed E-state index contributed by atoms with van der Waals surface area (Å²) >= 11 is 0. The molecule has 4 aliphatic heterocycles. The third-order valence-electron chi connectivity index (χ3n) is 25.3. The van der Waals surface area contributed by atoms with Crippen LogP contribution in [0.1, 0.15) is 0 Å². The summed E-state index contributed by atoms with van der Waals surface area (Å²) in [6.45, 7) is 0.400. The van der Waals surface area contributed by atoms with Gasteiger partial charge in [0.1, 0.15) is 0 Å². The van der Waals surface area contributed by atoms with Crippen LogP contribution in [0.2, 0.25) is 0 Å². The number of benzene rings is 20. The van der Waals surface area contributed by atoms with Gasteiger partial charge in [0.2, 0.25) is 0 Å². The first-order valence-electron chi connectivity index (χ1n) is 44.3. The van der Waals surface area contributed by atoms with E-state index in [1.807, 2.05) is 0 Å². The first-order chi connectivity index (χ1) is 63.6. The van der Waals surface area contributed by atoms with E-state index in [1.165, 1.54) is 178 Å². The summed E-state index contributed by atoms with van der Waals surface area (Å²) in [5.41, 5.74) is 40.5. The summed E-state index contributed by atoms with van der Waals surface area (Å²) < 4.78 is 0. The third-order valence-corrected chi connectivity index (χ3v) is 25.3. The van der Waals surface area contributed by atoms with Crippen LogP contribution < -0.4 is 62.9 Å². The van der Waals surface area contributed by atoms with E-state index >= 15 is 0 Å². The number of fused-ring (bicyclic) bond motifs is 12. The highest BCUT2D eigenvalue weighted by molar-refractivity contribution is 6.93. The van der Waals surface area contributed by atoms with E-state index in [-0.39, 0.29) is 27.4 Å². The molecule has 0 unspecified atom stereocenters. The number of anilines is 8. The number of nitrogens with zero attached hydrogens (tertiary/aromatic N) is 4. The molecule has 20 aromatic carbocycles. The van der Waals surface area contributed by atoms with E-state index < -0.39 is 0 Å².